The second-order valence-electron chi connectivity index (χ2n) is 7.67. The highest BCUT2D eigenvalue weighted by atomic mass is 16.2. The highest BCUT2D eigenvalue weighted by molar-refractivity contribution is 6.01. The highest BCUT2D eigenvalue weighted by Crippen LogP contribution is 2.32. The van der Waals surface area contributed by atoms with Crippen molar-refractivity contribution in [3.8, 4) is 11.1 Å². The maximum absolute atomic E-state index is 12.7. The molecule has 1 aliphatic heterocycles. The van der Waals surface area contributed by atoms with Gasteiger partial charge in [-0.1, -0.05) is 24.3 Å². The lowest BCUT2D eigenvalue weighted by Crippen LogP contribution is -2.36. The molecule has 0 aliphatic carbocycles. The van der Waals surface area contributed by atoms with Gasteiger partial charge in [0.15, 0.2) is 5.82 Å². The Hall–Kier alpha value is -2.66. The van der Waals surface area contributed by atoms with E-state index in [0.717, 1.165) is 42.4 Å². The fraction of sp³-hybridized carbons (Fsp3) is 0.364. The Labute approximate surface area is 159 Å². The minimum absolute atomic E-state index is 0.0646. The average Bonchev–Trinajstić information content (AvgIpc) is 3.04. The smallest absolute Gasteiger partial charge is 0.228 e. The normalized spacial score (nSPS) is 16.0. The molecular weight excluding hydrogens is 336 g/mol. The van der Waals surface area contributed by atoms with Crippen molar-refractivity contribution in [3.63, 3.8) is 0 Å². The molecule has 0 unspecified atom stereocenters. The molecule has 1 saturated heterocycles. The summed E-state index contributed by atoms with van der Waals surface area (Å²) in [4.78, 5) is 15.0. The van der Waals surface area contributed by atoms with E-state index in [2.05, 4.69) is 71.6 Å². The molecule has 2 aromatic carbocycles. The van der Waals surface area contributed by atoms with Crippen LogP contribution in [0.3, 0.4) is 0 Å². The summed E-state index contributed by atoms with van der Waals surface area (Å²) in [6, 6.07) is 12.6. The third-order valence-electron chi connectivity index (χ3n) is 5.66. The monoisotopic (exact) mass is 362 g/mol. The highest BCUT2D eigenvalue weighted by Gasteiger charge is 2.24. The molecule has 0 spiro atoms. The third kappa shape index (κ3) is 3.47. The molecule has 140 valence electrons. The van der Waals surface area contributed by atoms with Gasteiger partial charge in [-0.25, -0.2) is 0 Å². The number of aromatic amines is 1. The zero-order valence-corrected chi connectivity index (χ0v) is 16.2. The first-order chi connectivity index (χ1) is 13.0. The number of nitrogens with one attached hydrogen (secondary N) is 2. The molecule has 5 heteroatoms. The number of hydrogen-bond donors (Lipinski definition) is 2. The van der Waals surface area contributed by atoms with Crippen LogP contribution in [0.15, 0.2) is 36.4 Å². The minimum atomic E-state index is 0.0646. The van der Waals surface area contributed by atoms with Crippen LogP contribution in [0.5, 0.6) is 0 Å². The Morgan fingerprint density at radius 1 is 1.15 bits per heavy atom. The van der Waals surface area contributed by atoms with Gasteiger partial charge < -0.3 is 10.2 Å². The van der Waals surface area contributed by atoms with Gasteiger partial charge in [0, 0.05) is 11.3 Å². The number of carbonyl (C=O) groups excluding carboxylic acids is 1. The van der Waals surface area contributed by atoms with Crippen molar-refractivity contribution in [2.75, 3.05) is 25.5 Å². The second kappa shape index (κ2) is 7.16. The van der Waals surface area contributed by atoms with Gasteiger partial charge in [-0.05, 0) is 81.2 Å². The Morgan fingerprint density at radius 3 is 2.56 bits per heavy atom. The SMILES string of the molecule is Cc1cccc(C)c1-c1ccc2[nH]nc(NC(=O)C3CCN(C)CC3)c2c1. The molecule has 2 heterocycles. The van der Waals surface area contributed by atoms with Crippen molar-refractivity contribution in [2.45, 2.75) is 26.7 Å². The molecule has 0 saturated carbocycles. The third-order valence-corrected chi connectivity index (χ3v) is 5.66. The van der Waals surface area contributed by atoms with Gasteiger partial charge in [-0.15, -0.1) is 0 Å². The molecule has 4 rings (SSSR count). The van der Waals surface area contributed by atoms with E-state index in [0.29, 0.717) is 5.82 Å². The van der Waals surface area contributed by atoms with Gasteiger partial charge >= 0.3 is 0 Å². The number of benzene rings is 2. The van der Waals surface area contributed by atoms with Crippen LogP contribution >= 0.6 is 0 Å². The summed E-state index contributed by atoms with van der Waals surface area (Å²) in [5.74, 6) is 0.769. The summed E-state index contributed by atoms with van der Waals surface area (Å²) in [7, 11) is 2.10. The Kier molecular flexibility index (Phi) is 4.70. The number of hydrogen-bond acceptors (Lipinski definition) is 3. The number of piperidine rings is 1. The summed E-state index contributed by atoms with van der Waals surface area (Å²) in [6.45, 7) is 6.20. The molecule has 1 fully saturated rings. The average molecular weight is 362 g/mol. The maximum atomic E-state index is 12.7. The molecule has 5 nitrogen and oxygen atoms in total. The Bertz CT molecular complexity index is 963. The van der Waals surface area contributed by atoms with Crippen LogP contribution in [0, 0.1) is 19.8 Å². The zero-order chi connectivity index (χ0) is 19.0. The van der Waals surface area contributed by atoms with E-state index in [1.54, 1.807) is 0 Å². The van der Waals surface area contributed by atoms with Crippen LogP contribution in [0.25, 0.3) is 22.0 Å². The van der Waals surface area contributed by atoms with Crippen LogP contribution in [0.4, 0.5) is 5.82 Å². The number of aromatic nitrogens is 2. The van der Waals surface area contributed by atoms with Crippen molar-refractivity contribution < 1.29 is 4.79 Å². The second-order valence-corrected chi connectivity index (χ2v) is 7.67. The fourth-order valence-corrected chi connectivity index (χ4v) is 4.02. The van der Waals surface area contributed by atoms with Crippen molar-refractivity contribution in [1.82, 2.24) is 15.1 Å². The molecule has 1 aliphatic rings. The van der Waals surface area contributed by atoms with Crippen molar-refractivity contribution in [2.24, 2.45) is 5.92 Å². The van der Waals surface area contributed by atoms with E-state index in [-0.39, 0.29) is 11.8 Å². The topological polar surface area (TPSA) is 61.0 Å². The van der Waals surface area contributed by atoms with E-state index in [1.807, 2.05) is 6.07 Å². The Balaban J connectivity index is 1.64. The molecule has 27 heavy (non-hydrogen) atoms. The number of likely N-dealkylation sites (tertiary alicyclic amines) is 1. The predicted molar refractivity (Wildman–Crippen MR) is 110 cm³/mol. The van der Waals surface area contributed by atoms with Crippen LogP contribution < -0.4 is 5.32 Å². The number of nitrogens with zero attached hydrogens (tertiary/aromatic N) is 2. The van der Waals surface area contributed by atoms with E-state index < -0.39 is 0 Å². The lowest BCUT2D eigenvalue weighted by Gasteiger charge is -2.27. The lowest BCUT2D eigenvalue weighted by atomic mass is 9.95. The Morgan fingerprint density at radius 2 is 1.85 bits per heavy atom. The number of H-pyrrole nitrogens is 1. The number of carbonyl (C=O) groups is 1. The van der Waals surface area contributed by atoms with Crippen LogP contribution in [-0.4, -0.2) is 41.1 Å². The number of fused-ring (bicyclic) bond motifs is 1. The van der Waals surface area contributed by atoms with Crippen LogP contribution in [0.2, 0.25) is 0 Å². The quantitative estimate of drug-likeness (QED) is 0.736. The first-order valence-corrected chi connectivity index (χ1v) is 9.57. The minimum Gasteiger partial charge on any atom is -0.308 e. The van der Waals surface area contributed by atoms with E-state index in [9.17, 15) is 4.79 Å². The molecule has 2 N–H and O–H groups in total. The predicted octanol–water partition coefficient (Wildman–Crippen LogP) is 4.13. The number of amides is 1. The maximum Gasteiger partial charge on any atom is 0.228 e. The molecule has 3 aromatic rings. The van der Waals surface area contributed by atoms with E-state index in [1.165, 1.54) is 16.7 Å². The van der Waals surface area contributed by atoms with Gasteiger partial charge in [-0.3, -0.25) is 9.89 Å². The molecule has 0 radical (unpaired) electrons. The van der Waals surface area contributed by atoms with Crippen molar-refractivity contribution in [3.05, 3.63) is 47.5 Å². The molecule has 0 atom stereocenters. The van der Waals surface area contributed by atoms with Crippen LogP contribution in [0.1, 0.15) is 24.0 Å². The number of rotatable bonds is 3. The largest absolute Gasteiger partial charge is 0.308 e. The standard InChI is InChI=1S/C22H26N4O/c1-14-5-4-6-15(2)20(14)17-7-8-19-18(13-17)21(25-24-19)23-22(27)16-9-11-26(3)12-10-16/h4-8,13,16H,9-12H2,1-3H3,(H2,23,24,25,27). The summed E-state index contributed by atoms with van der Waals surface area (Å²) >= 11 is 0. The van der Waals surface area contributed by atoms with Gasteiger partial charge in [0.2, 0.25) is 5.91 Å². The summed E-state index contributed by atoms with van der Waals surface area (Å²) in [6.07, 6.45) is 1.80. The molecular formula is C22H26N4O. The number of aryl methyl sites for hydroxylation is 2. The summed E-state index contributed by atoms with van der Waals surface area (Å²) < 4.78 is 0. The van der Waals surface area contributed by atoms with Gasteiger partial charge in [0.25, 0.3) is 0 Å². The number of anilines is 1. The van der Waals surface area contributed by atoms with Crippen LogP contribution in [-0.2, 0) is 4.79 Å². The van der Waals surface area contributed by atoms with Crippen molar-refractivity contribution in [1.29, 1.82) is 0 Å². The fourth-order valence-electron chi connectivity index (χ4n) is 4.02. The molecule has 1 aromatic heterocycles. The van der Waals surface area contributed by atoms with Gasteiger partial charge in [0.1, 0.15) is 0 Å². The van der Waals surface area contributed by atoms with Gasteiger partial charge in [0.05, 0.1) is 5.52 Å². The summed E-state index contributed by atoms with van der Waals surface area (Å²) in [5, 5.41) is 11.4. The molecule has 1 amide bonds. The zero-order valence-electron chi connectivity index (χ0n) is 16.2. The summed E-state index contributed by atoms with van der Waals surface area (Å²) in [5.41, 5.74) is 5.82. The van der Waals surface area contributed by atoms with Crippen molar-refractivity contribution >= 4 is 22.6 Å². The lowest BCUT2D eigenvalue weighted by molar-refractivity contribution is -0.121. The first kappa shape index (κ1) is 17.7. The van der Waals surface area contributed by atoms with E-state index in [4.69, 9.17) is 0 Å². The first-order valence-electron chi connectivity index (χ1n) is 9.57. The molecule has 0 bridgehead atoms. The van der Waals surface area contributed by atoms with E-state index >= 15 is 0 Å². The van der Waals surface area contributed by atoms with Gasteiger partial charge in [-0.2, -0.15) is 5.10 Å².